The van der Waals surface area contributed by atoms with Crippen molar-refractivity contribution in [3.8, 4) is 0 Å². The molecule has 2 fully saturated rings. The van der Waals surface area contributed by atoms with Gasteiger partial charge in [0.1, 0.15) is 35.8 Å². The van der Waals surface area contributed by atoms with Crippen molar-refractivity contribution in [2.75, 3.05) is 17.8 Å². The molecular formula is C18H28N4O9P2. The summed E-state index contributed by atoms with van der Waals surface area (Å²) in [6, 6.07) is 3.79. The number of ether oxygens (including phenoxy) is 1. The maximum absolute atomic E-state index is 11.9. The average Bonchev–Trinajstić information content (AvgIpc) is 3.40. The van der Waals surface area contributed by atoms with Crippen molar-refractivity contribution in [2.45, 2.75) is 63.1 Å². The highest BCUT2D eigenvalue weighted by Crippen LogP contribution is 2.55. The lowest BCUT2D eigenvalue weighted by atomic mass is 10.1. The first-order valence-corrected chi connectivity index (χ1v) is 14.1. The van der Waals surface area contributed by atoms with Crippen LogP contribution in [0.4, 0.5) is 5.82 Å². The highest BCUT2D eigenvalue weighted by atomic mass is 31.2. The molecule has 0 bridgehead atoms. The summed E-state index contributed by atoms with van der Waals surface area (Å²) in [5, 5.41) is 28.8. The van der Waals surface area contributed by atoms with Gasteiger partial charge in [-0.05, 0) is 31.9 Å². The molecule has 1 saturated heterocycles. The van der Waals surface area contributed by atoms with E-state index in [2.05, 4.69) is 15.4 Å². The summed E-state index contributed by atoms with van der Waals surface area (Å²) in [5.41, 5.74) is 1.12. The molecular weight excluding hydrogens is 478 g/mol. The van der Waals surface area contributed by atoms with Crippen LogP contribution in [0.2, 0.25) is 0 Å². The molecule has 15 heteroatoms. The molecule has 33 heavy (non-hydrogen) atoms. The topological polar surface area (TPSA) is 196 Å². The molecule has 0 aromatic carbocycles. The van der Waals surface area contributed by atoms with Crippen molar-refractivity contribution in [1.29, 1.82) is 0 Å². The monoisotopic (exact) mass is 506 g/mol. The van der Waals surface area contributed by atoms with Crippen LogP contribution >= 0.6 is 15.2 Å². The van der Waals surface area contributed by atoms with E-state index in [1.807, 2.05) is 0 Å². The van der Waals surface area contributed by atoms with E-state index in [9.17, 15) is 24.2 Å². The van der Waals surface area contributed by atoms with Crippen LogP contribution in [0.3, 0.4) is 0 Å². The molecule has 5 atom stereocenters. The summed E-state index contributed by atoms with van der Waals surface area (Å²) >= 11 is 0. The molecule has 1 aliphatic heterocycles. The minimum atomic E-state index is -4.79. The van der Waals surface area contributed by atoms with E-state index in [0.717, 1.165) is 25.7 Å². The van der Waals surface area contributed by atoms with Crippen LogP contribution < -0.4 is 5.32 Å². The minimum absolute atomic E-state index is 0.320. The molecule has 2 aromatic rings. The van der Waals surface area contributed by atoms with Crippen molar-refractivity contribution < 1.29 is 43.3 Å². The fourth-order valence-corrected chi connectivity index (χ4v) is 6.87. The van der Waals surface area contributed by atoms with Gasteiger partial charge in [0.05, 0.1) is 12.3 Å². The maximum atomic E-state index is 11.9. The van der Waals surface area contributed by atoms with Gasteiger partial charge in [-0.1, -0.05) is 12.8 Å². The first-order chi connectivity index (χ1) is 15.4. The van der Waals surface area contributed by atoms with Crippen LogP contribution in [0.25, 0.3) is 5.52 Å². The van der Waals surface area contributed by atoms with Gasteiger partial charge in [0.2, 0.25) is 0 Å². The number of fused-ring (bicyclic) bond motifs is 1. The van der Waals surface area contributed by atoms with Crippen LogP contribution in [-0.2, 0) is 18.4 Å². The Morgan fingerprint density at radius 3 is 2.55 bits per heavy atom. The fraction of sp³-hybridized carbons (Fsp3) is 0.667. The zero-order valence-electron chi connectivity index (χ0n) is 17.9. The number of nitrogens with one attached hydrogen (secondary N) is 1. The summed E-state index contributed by atoms with van der Waals surface area (Å²) in [7, 11) is -9.42. The zero-order valence-corrected chi connectivity index (χ0v) is 19.7. The highest BCUT2D eigenvalue weighted by molar-refractivity contribution is 7.70. The largest absolute Gasteiger partial charge is 0.387 e. The lowest BCUT2D eigenvalue weighted by molar-refractivity contribution is -0.0203. The van der Waals surface area contributed by atoms with Crippen LogP contribution in [-0.4, -0.2) is 76.4 Å². The number of aliphatic hydroxyl groups is 2. The maximum Gasteiger partial charge on any atom is 0.340 e. The van der Waals surface area contributed by atoms with E-state index >= 15 is 0 Å². The number of hydrogen-bond donors (Lipinski definition) is 6. The third-order valence-corrected chi connectivity index (χ3v) is 9.26. The molecule has 2 aromatic heterocycles. The van der Waals surface area contributed by atoms with Crippen LogP contribution in [0.15, 0.2) is 12.1 Å². The Bertz CT molecular complexity index is 1100. The average molecular weight is 506 g/mol. The fourth-order valence-electron chi connectivity index (χ4n) is 4.30. The van der Waals surface area contributed by atoms with E-state index in [1.165, 1.54) is 0 Å². The molecule has 184 valence electrons. The van der Waals surface area contributed by atoms with Crippen molar-refractivity contribution in [2.24, 2.45) is 0 Å². The molecule has 1 unspecified atom stereocenters. The van der Waals surface area contributed by atoms with Gasteiger partial charge in [0, 0.05) is 6.04 Å². The number of aryl methyl sites for hydroxylation is 1. The normalized spacial score (nSPS) is 28.4. The van der Waals surface area contributed by atoms with Gasteiger partial charge in [0.25, 0.3) is 0 Å². The molecule has 13 nitrogen and oxygen atoms in total. The molecule has 0 amide bonds. The molecule has 1 saturated carbocycles. The van der Waals surface area contributed by atoms with Crippen molar-refractivity contribution in [1.82, 2.24) is 14.6 Å². The van der Waals surface area contributed by atoms with E-state index in [4.69, 9.17) is 19.0 Å². The van der Waals surface area contributed by atoms with Gasteiger partial charge in [-0.3, -0.25) is 9.13 Å². The standard InChI is InChI=1S/C18H28N4O9P2/c1-10-19-18(20-11-4-2-3-5-11)13-7-6-12(22(13)21-10)17-16(24)15(23)14(31-17)8-30-33(28,29)9-32(25,26)27/h6-7,11,14-17,23-24H,2-5,8-9H2,1H3,(H,28,29)(H,19,20,21)(H2,25,26,27)/t14-,15-,16-,17+/m1/s1. The van der Waals surface area contributed by atoms with E-state index in [-0.39, 0.29) is 0 Å². The Hall–Kier alpha value is -1.40. The summed E-state index contributed by atoms with van der Waals surface area (Å²) in [6.45, 7) is 1.09. The summed E-state index contributed by atoms with van der Waals surface area (Å²) < 4.78 is 34.9. The van der Waals surface area contributed by atoms with E-state index in [1.54, 1.807) is 23.6 Å². The molecule has 0 spiro atoms. The van der Waals surface area contributed by atoms with Gasteiger partial charge in [-0.25, -0.2) is 9.50 Å². The first kappa shape index (κ1) is 24.7. The van der Waals surface area contributed by atoms with Crippen LogP contribution in [0.1, 0.15) is 43.3 Å². The molecule has 0 radical (unpaired) electrons. The lowest BCUT2D eigenvalue weighted by Crippen LogP contribution is -2.33. The smallest absolute Gasteiger partial charge is 0.340 e. The molecule has 4 rings (SSSR count). The zero-order chi connectivity index (χ0) is 24.0. The second kappa shape index (κ2) is 9.33. The predicted molar refractivity (Wildman–Crippen MR) is 116 cm³/mol. The highest BCUT2D eigenvalue weighted by Gasteiger charge is 2.46. The Morgan fingerprint density at radius 2 is 1.88 bits per heavy atom. The van der Waals surface area contributed by atoms with Crippen molar-refractivity contribution in [3.05, 3.63) is 23.7 Å². The minimum Gasteiger partial charge on any atom is -0.387 e. The summed E-state index contributed by atoms with van der Waals surface area (Å²) in [4.78, 5) is 31.9. The Balaban J connectivity index is 1.53. The molecule has 6 N–H and O–H groups in total. The van der Waals surface area contributed by atoms with Crippen molar-refractivity contribution >= 4 is 26.5 Å². The third kappa shape index (κ3) is 5.64. The number of rotatable bonds is 8. The quantitative estimate of drug-likeness (QED) is 0.277. The third-order valence-electron chi connectivity index (χ3n) is 5.80. The van der Waals surface area contributed by atoms with Crippen LogP contribution in [0, 0.1) is 6.92 Å². The molecule has 1 aliphatic carbocycles. The lowest BCUT2D eigenvalue weighted by Gasteiger charge is -2.18. The van der Waals surface area contributed by atoms with Crippen LogP contribution in [0.5, 0.6) is 0 Å². The number of aliphatic hydroxyl groups excluding tert-OH is 2. The SMILES string of the molecule is Cc1nc(NC2CCCC2)c2ccc([C@@H]3O[C@H](COP(=O)(O)CP(=O)(O)O)[C@@H](O)[C@H]3O)n2n1. The van der Waals surface area contributed by atoms with Gasteiger partial charge in [-0.15, -0.1) is 0 Å². The predicted octanol–water partition coefficient (Wildman–Crippen LogP) is 0.891. The van der Waals surface area contributed by atoms with Gasteiger partial charge in [-0.2, -0.15) is 5.10 Å². The van der Waals surface area contributed by atoms with Gasteiger partial charge in [0.15, 0.2) is 11.7 Å². The first-order valence-electron chi connectivity index (χ1n) is 10.6. The number of anilines is 1. The Morgan fingerprint density at radius 1 is 1.18 bits per heavy atom. The molecule has 2 aliphatic rings. The van der Waals surface area contributed by atoms with E-state index < -0.39 is 52.1 Å². The Labute approximate surface area is 189 Å². The van der Waals surface area contributed by atoms with Crippen molar-refractivity contribution in [3.63, 3.8) is 0 Å². The number of nitrogens with zero attached hydrogens (tertiary/aromatic N) is 3. The molecule has 3 heterocycles. The second-order valence-electron chi connectivity index (χ2n) is 8.50. The van der Waals surface area contributed by atoms with Gasteiger partial charge < -0.3 is 39.5 Å². The Kier molecular flexibility index (Phi) is 6.99. The van der Waals surface area contributed by atoms with Gasteiger partial charge >= 0.3 is 15.2 Å². The number of hydrogen-bond acceptors (Lipinski definition) is 9. The summed E-state index contributed by atoms with van der Waals surface area (Å²) in [6.07, 6.45) is -0.662. The second-order valence-corrected chi connectivity index (χ2v) is 12.5. The summed E-state index contributed by atoms with van der Waals surface area (Å²) in [5.74, 6) is -0.204. The van der Waals surface area contributed by atoms with E-state index in [0.29, 0.717) is 28.9 Å². The number of aromatic nitrogens is 3.